The molecule has 0 N–H and O–H groups in total. The second kappa shape index (κ2) is 5.16. The molecule has 0 atom stereocenters. The van der Waals surface area contributed by atoms with Gasteiger partial charge >= 0.3 is 0 Å². The highest BCUT2D eigenvalue weighted by molar-refractivity contribution is 8.22. The van der Waals surface area contributed by atoms with E-state index in [-0.39, 0.29) is 0 Å². The Labute approximate surface area is 115 Å². The molecule has 0 saturated carbocycles. The molecule has 1 aromatic carbocycles. The van der Waals surface area contributed by atoms with Gasteiger partial charge in [0, 0.05) is 12.1 Å². The van der Waals surface area contributed by atoms with Crippen molar-refractivity contribution >= 4 is 39.3 Å². The lowest BCUT2D eigenvalue weighted by Gasteiger charge is -2.09. The summed E-state index contributed by atoms with van der Waals surface area (Å²) in [5, 5.41) is 0. The molecule has 0 aliphatic heterocycles. The van der Waals surface area contributed by atoms with E-state index in [0.29, 0.717) is 11.5 Å². The third-order valence-electron chi connectivity index (χ3n) is 2.68. The summed E-state index contributed by atoms with van der Waals surface area (Å²) in [7, 11) is 3.23. The maximum absolute atomic E-state index is 5.35. The van der Waals surface area contributed by atoms with Gasteiger partial charge in [-0.05, 0) is 13.2 Å². The van der Waals surface area contributed by atoms with Crippen LogP contribution in [0.15, 0.2) is 12.1 Å². The fourth-order valence-electron chi connectivity index (χ4n) is 1.85. The zero-order chi connectivity index (χ0) is 13.3. The van der Waals surface area contributed by atoms with Crippen molar-refractivity contribution in [1.82, 2.24) is 9.55 Å². The predicted molar refractivity (Wildman–Crippen MR) is 79.1 cm³/mol. The Kier molecular flexibility index (Phi) is 3.77. The lowest BCUT2D eigenvalue weighted by Crippen LogP contribution is -2.06. The van der Waals surface area contributed by atoms with E-state index < -0.39 is 0 Å². The molecule has 1 heterocycles. The quantitative estimate of drug-likeness (QED) is 0.792. The van der Waals surface area contributed by atoms with E-state index >= 15 is 0 Å². The Morgan fingerprint density at radius 3 is 2.44 bits per heavy atom. The summed E-state index contributed by atoms with van der Waals surface area (Å²) >= 11 is 6.86. The van der Waals surface area contributed by atoms with Gasteiger partial charge in [-0.25, -0.2) is 4.98 Å². The Hall–Kier alpha value is -1.27. The van der Waals surface area contributed by atoms with Gasteiger partial charge in [0.15, 0.2) is 11.5 Å². The molecule has 4 nitrogen and oxygen atoms in total. The molecular weight excluding hydrogens is 268 g/mol. The van der Waals surface area contributed by atoms with Crippen LogP contribution in [-0.4, -0.2) is 34.3 Å². The first kappa shape index (κ1) is 13.2. The number of benzene rings is 1. The smallest absolute Gasteiger partial charge is 0.163 e. The summed E-state index contributed by atoms with van der Waals surface area (Å²) in [5.74, 6) is 2.21. The van der Waals surface area contributed by atoms with E-state index in [2.05, 4.69) is 4.98 Å². The van der Waals surface area contributed by atoms with E-state index in [9.17, 15) is 0 Å². The number of thiocarbonyl (C=S) groups is 1. The van der Waals surface area contributed by atoms with E-state index in [4.69, 9.17) is 21.7 Å². The first-order valence-electron chi connectivity index (χ1n) is 5.31. The van der Waals surface area contributed by atoms with E-state index in [1.54, 1.807) is 14.2 Å². The average Bonchev–Trinajstić information content (AvgIpc) is 2.71. The van der Waals surface area contributed by atoms with E-state index in [0.717, 1.165) is 21.2 Å². The number of ether oxygens (including phenoxy) is 2. The number of rotatable bonds is 2. The van der Waals surface area contributed by atoms with Gasteiger partial charge in [0.05, 0.1) is 25.3 Å². The van der Waals surface area contributed by atoms with Gasteiger partial charge in [0.25, 0.3) is 0 Å². The van der Waals surface area contributed by atoms with E-state index in [1.807, 2.05) is 29.9 Å². The van der Waals surface area contributed by atoms with Crippen LogP contribution in [0.25, 0.3) is 11.0 Å². The van der Waals surface area contributed by atoms with Crippen LogP contribution in [0.2, 0.25) is 0 Å². The molecular formula is C12H14N2O2S2. The number of aromatic nitrogens is 2. The fourth-order valence-corrected chi connectivity index (χ4v) is 2.49. The number of methoxy groups -OCH3 is 2. The molecule has 2 rings (SSSR count). The Morgan fingerprint density at radius 2 is 1.89 bits per heavy atom. The lowest BCUT2D eigenvalue weighted by molar-refractivity contribution is 0.355. The first-order valence-corrected chi connectivity index (χ1v) is 6.95. The molecule has 1 aromatic heterocycles. The highest BCUT2D eigenvalue weighted by Crippen LogP contribution is 2.32. The summed E-state index contributed by atoms with van der Waals surface area (Å²) in [4.78, 5) is 4.49. The van der Waals surface area contributed by atoms with Gasteiger partial charge in [-0.1, -0.05) is 24.0 Å². The van der Waals surface area contributed by atoms with Gasteiger partial charge in [-0.2, -0.15) is 0 Å². The summed E-state index contributed by atoms with van der Waals surface area (Å²) in [6, 6.07) is 3.76. The summed E-state index contributed by atoms with van der Waals surface area (Å²) in [6.45, 7) is 1.93. The lowest BCUT2D eigenvalue weighted by atomic mass is 10.2. The van der Waals surface area contributed by atoms with Crippen molar-refractivity contribution < 1.29 is 9.47 Å². The van der Waals surface area contributed by atoms with Crippen LogP contribution in [0, 0.1) is 6.92 Å². The molecule has 0 bridgehead atoms. The summed E-state index contributed by atoms with van der Waals surface area (Å²) in [6.07, 6.45) is 1.95. The maximum atomic E-state index is 5.35. The normalized spacial score (nSPS) is 10.7. The van der Waals surface area contributed by atoms with Crippen molar-refractivity contribution in [3.8, 4) is 11.5 Å². The third kappa shape index (κ3) is 2.06. The van der Waals surface area contributed by atoms with Crippen molar-refractivity contribution in [3.05, 3.63) is 18.0 Å². The zero-order valence-electron chi connectivity index (χ0n) is 10.7. The molecule has 18 heavy (non-hydrogen) atoms. The van der Waals surface area contributed by atoms with Crippen LogP contribution in [0.3, 0.4) is 0 Å². The van der Waals surface area contributed by atoms with Crippen molar-refractivity contribution in [2.24, 2.45) is 0 Å². The number of hydrogen-bond acceptors (Lipinski definition) is 5. The summed E-state index contributed by atoms with van der Waals surface area (Å²) in [5.41, 5.74) is 1.78. The van der Waals surface area contributed by atoms with Crippen LogP contribution in [0.1, 0.15) is 5.82 Å². The highest BCUT2D eigenvalue weighted by Gasteiger charge is 2.14. The van der Waals surface area contributed by atoms with Gasteiger partial charge in [-0.15, -0.1) is 0 Å². The van der Waals surface area contributed by atoms with Crippen LogP contribution in [-0.2, 0) is 0 Å². The van der Waals surface area contributed by atoms with Gasteiger partial charge in [-0.3, -0.25) is 4.57 Å². The molecule has 0 unspecified atom stereocenters. The standard InChI is InChI=1S/C12H14N2O2S2/c1-7-13-8-5-10(15-2)11(16-3)6-9(8)14(7)12(17)18-4/h5-6H,1-4H3. The first-order chi connectivity index (χ1) is 8.62. The van der Waals surface area contributed by atoms with Crippen molar-refractivity contribution in [2.45, 2.75) is 6.92 Å². The molecule has 96 valence electrons. The molecule has 6 heteroatoms. The van der Waals surface area contributed by atoms with Crippen molar-refractivity contribution in [2.75, 3.05) is 20.5 Å². The minimum absolute atomic E-state index is 0.671. The average molecular weight is 282 g/mol. The molecule has 2 aromatic rings. The molecule has 0 fully saturated rings. The molecule has 0 aliphatic rings. The highest BCUT2D eigenvalue weighted by atomic mass is 32.2. The molecule has 0 spiro atoms. The Bertz CT molecular complexity index is 608. The van der Waals surface area contributed by atoms with Gasteiger partial charge in [0.1, 0.15) is 10.1 Å². The Morgan fingerprint density at radius 1 is 1.28 bits per heavy atom. The van der Waals surface area contributed by atoms with Crippen LogP contribution < -0.4 is 9.47 Å². The molecule has 0 amide bonds. The molecule has 0 radical (unpaired) electrons. The fraction of sp³-hybridized carbons (Fsp3) is 0.333. The van der Waals surface area contributed by atoms with Crippen molar-refractivity contribution in [3.63, 3.8) is 0 Å². The zero-order valence-corrected chi connectivity index (χ0v) is 12.3. The van der Waals surface area contributed by atoms with E-state index in [1.165, 1.54) is 11.8 Å². The van der Waals surface area contributed by atoms with Gasteiger partial charge < -0.3 is 9.47 Å². The van der Waals surface area contributed by atoms with Crippen LogP contribution >= 0.6 is 24.0 Å². The monoisotopic (exact) mass is 282 g/mol. The molecule has 0 saturated heterocycles. The number of fused-ring (bicyclic) bond motifs is 1. The minimum Gasteiger partial charge on any atom is -0.493 e. The largest absolute Gasteiger partial charge is 0.493 e. The second-order valence-corrected chi connectivity index (χ2v) is 5.10. The predicted octanol–water partition coefficient (Wildman–Crippen LogP) is 2.86. The van der Waals surface area contributed by atoms with Crippen molar-refractivity contribution in [1.29, 1.82) is 0 Å². The van der Waals surface area contributed by atoms with Crippen LogP contribution in [0.5, 0.6) is 11.5 Å². The van der Waals surface area contributed by atoms with Crippen LogP contribution in [0.4, 0.5) is 0 Å². The Balaban J connectivity index is 2.74. The topological polar surface area (TPSA) is 36.3 Å². The number of thioether (sulfide) groups is 1. The number of aryl methyl sites for hydroxylation is 1. The SMILES string of the molecule is COc1cc2nc(C)n(C(=S)SC)c2cc1OC. The number of nitrogens with zero attached hydrogens (tertiary/aromatic N) is 2. The minimum atomic E-state index is 0.671. The third-order valence-corrected chi connectivity index (χ3v) is 3.90. The maximum Gasteiger partial charge on any atom is 0.163 e. The summed E-state index contributed by atoms with van der Waals surface area (Å²) < 4.78 is 13.3. The van der Waals surface area contributed by atoms with Gasteiger partial charge in [0.2, 0.25) is 0 Å². The number of imidazole rings is 1. The number of hydrogen-bond donors (Lipinski definition) is 0. The second-order valence-electron chi connectivity index (χ2n) is 3.66. The molecule has 0 aliphatic carbocycles.